The van der Waals surface area contributed by atoms with Crippen molar-refractivity contribution in [2.45, 2.75) is 56.3 Å². The zero-order chi connectivity index (χ0) is 22.8. The van der Waals surface area contributed by atoms with Crippen LogP contribution in [-0.2, 0) is 4.74 Å². The molecule has 12 heteroatoms. The standard InChI is InChI=1S/C19H23F5N4O3/c1-7(25)9-5-27(6-19(9,23)24)14-12(20)10(16(21)22)11-13(15(14)31-2)28(8-3-4-8)18(30)26-17(11)29/h7-9,14-16H,3-6,25H2,1-2H3,(H,26,29,30). The number of likely N-dealkylation sites (tertiary alicyclic amines) is 1. The van der Waals surface area contributed by atoms with Gasteiger partial charge >= 0.3 is 5.69 Å². The molecule has 1 aromatic heterocycles. The Balaban J connectivity index is 1.94. The van der Waals surface area contributed by atoms with E-state index in [2.05, 4.69) is 0 Å². The highest BCUT2D eigenvalue weighted by atomic mass is 19.3. The van der Waals surface area contributed by atoms with Crippen molar-refractivity contribution in [2.24, 2.45) is 11.7 Å². The van der Waals surface area contributed by atoms with E-state index in [-0.39, 0.29) is 18.3 Å². The van der Waals surface area contributed by atoms with Gasteiger partial charge in [0.1, 0.15) is 11.9 Å². The number of ether oxygens (including phenoxy) is 1. The number of nitrogens with two attached hydrogens (primary N) is 1. The molecule has 1 saturated carbocycles. The summed E-state index contributed by atoms with van der Waals surface area (Å²) < 4.78 is 79.1. The third kappa shape index (κ3) is 3.44. The Hall–Kier alpha value is -2.05. The number of aromatic nitrogens is 2. The number of rotatable bonds is 5. The molecule has 3 aliphatic rings. The summed E-state index contributed by atoms with van der Waals surface area (Å²) in [6.45, 7) is 0.123. The Labute approximate surface area is 173 Å². The average Bonchev–Trinajstić information content (AvgIpc) is 3.43. The highest BCUT2D eigenvalue weighted by molar-refractivity contribution is 5.74. The molecule has 2 heterocycles. The monoisotopic (exact) mass is 450 g/mol. The summed E-state index contributed by atoms with van der Waals surface area (Å²) in [4.78, 5) is 27.9. The predicted molar refractivity (Wildman–Crippen MR) is 101 cm³/mol. The third-order valence-corrected chi connectivity index (χ3v) is 6.32. The maximum absolute atomic E-state index is 15.5. The van der Waals surface area contributed by atoms with Crippen LogP contribution in [0.5, 0.6) is 0 Å². The Morgan fingerprint density at radius 2 is 1.90 bits per heavy atom. The van der Waals surface area contributed by atoms with E-state index in [9.17, 15) is 27.2 Å². The molecule has 4 rings (SSSR count). The molecule has 0 amide bonds. The lowest BCUT2D eigenvalue weighted by atomic mass is 9.87. The van der Waals surface area contributed by atoms with Crippen LogP contribution < -0.4 is 17.0 Å². The van der Waals surface area contributed by atoms with Gasteiger partial charge in [-0.2, -0.15) is 0 Å². The topological polar surface area (TPSA) is 93.3 Å². The van der Waals surface area contributed by atoms with Crippen LogP contribution in [0.15, 0.2) is 15.4 Å². The van der Waals surface area contributed by atoms with E-state index in [1.807, 2.05) is 4.98 Å². The number of hydrogen-bond donors (Lipinski definition) is 2. The molecule has 0 spiro atoms. The Morgan fingerprint density at radius 3 is 2.39 bits per heavy atom. The smallest absolute Gasteiger partial charge is 0.328 e. The Bertz CT molecular complexity index is 1030. The van der Waals surface area contributed by atoms with Crippen molar-refractivity contribution in [1.29, 1.82) is 0 Å². The van der Waals surface area contributed by atoms with Crippen molar-refractivity contribution in [1.82, 2.24) is 14.5 Å². The zero-order valence-corrected chi connectivity index (χ0v) is 16.9. The molecular formula is C19H23F5N4O3. The molecular weight excluding hydrogens is 427 g/mol. The van der Waals surface area contributed by atoms with Crippen molar-refractivity contribution in [3.63, 3.8) is 0 Å². The van der Waals surface area contributed by atoms with Gasteiger partial charge in [-0.25, -0.2) is 26.7 Å². The molecule has 3 N–H and O–H groups in total. The first-order valence-corrected chi connectivity index (χ1v) is 9.96. The minimum absolute atomic E-state index is 0.201. The van der Waals surface area contributed by atoms with Crippen LogP contribution in [0.2, 0.25) is 0 Å². The molecule has 2 fully saturated rings. The molecule has 7 nitrogen and oxygen atoms in total. The number of nitrogens with zero attached hydrogens (tertiary/aromatic N) is 2. The fourth-order valence-corrected chi connectivity index (χ4v) is 4.77. The molecule has 1 aromatic rings. The summed E-state index contributed by atoms with van der Waals surface area (Å²) in [7, 11) is 1.16. The summed E-state index contributed by atoms with van der Waals surface area (Å²) in [6.07, 6.45) is -3.69. The Morgan fingerprint density at radius 1 is 1.26 bits per heavy atom. The van der Waals surface area contributed by atoms with Gasteiger partial charge in [-0.3, -0.25) is 19.2 Å². The van der Waals surface area contributed by atoms with Crippen molar-refractivity contribution in [2.75, 3.05) is 20.2 Å². The van der Waals surface area contributed by atoms with E-state index >= 15 is 4.39 Å². The van der Waals surface area contributed by atoms with E-state index < -0.39 is 71.2 Å². The van der Waals surface area contributed by atoms with Gasteiger partial charge in [-0.05, 0) is 19.8 Å². The number of aromatic amines is 1. The van der Waals surface area contributed by atoms with Gasteiger partial charge in [0.05, 0.1) is 35.3 Å². The van der Waals surface area contributed by atoms with E-state index in [1.165, 1.54) is 6.92 Å². The SMILES string of the molecule is COC1c2c(c(=O)[nH]c(=O)n2C2CC2)C(C(F)F)=C(F)C1N1CC(C(C)N)C(F)(F)C1. The normalized spacial score (nSPS) is 29.5. The second-order valence-electron chi connectivity index (χ2n) is 8.44. The minimum Gasteiger partial charge on any atom is -0.373 e. The minimum atomic E-state index is -3.40. The molecule has 2 aliphatic carbocycles. The molecule has 31 heavy (non-hydrogen) atoms. The average molecular weight is 450 g/mol. The van der Waals surface area contributed by atoms with Crippen molar-refractivity contribution in [3.8, 4) is 0 Å². The van der Waals surface area contributed by atoms with E-state index in [1.54, 1.807) is 0 Å². The number of hydrogen-bond acceptors (Lipinski definition) is 5. The van der Waals surface area contributed by atoms with E-state index in [0.29, 0.717) is 12.8 Å². The summed E-state index contributed by atoms with van der Waals surface area (Å²) in [6, 6.07) is -2.94. The number of H-pyrrole nitrogens is 1. The number of allylic oxidation sites excluding steroid dienone is 1. The lowest BCUT2D eigenvalue weighted by Crippen LogP contribution is -2.48. The summed E-state index contributed by atoms with van der Waals surface area (Å²) >= 11 is 0. The zero-order valence-electron chi connectivity index (χ0n) is 16.9. The summed E-state index contributed by atoms with van der Waals surface area (Å²) in [5.74, 6) is -6.01. The van der Waals surface area contributed by atoms with Gasteiger partial charge in [0.2, 0.25) is 0 Å². The first-order valence-electron chi connectivity index (χ1n) is 9.96. The van der Waals surface area contributed by atoms with Gasteiger partial charge in [0, 0.05) is 25.7 Å². The maximum Gasteiger partial charge on any atom is 0.328 e. The first kappa shape index (κ1) is 22.2. The number of alkyl halides is 4. The molecule has 0 radical (unpaired) electrons. The number of methoxy groups -OCH3 is 1. The quantitative estimate of drug-likeness (QED) is 0.668. The van der Waals surface area contributed by atoms with Crippen LogP contribution in [0.4, 0.5) is 22.0 Å². The highest BCUT2D eigenvalue weighted by Gasteiger charge is 2.55. The predicted octanol–water partition coefficient (Wildman–Crippen LogP) is 1.80. The van der Waals surface area contributed by atoms with Gasteiger partial charge in [-0.1, -0.05) is 0 Å². The van der Waals surface area contributed by atoms with Crippen LogP contribution in [0.25, 0.3) is 5.57 Å². The number of fused-ring (bicyclic) bond motifs is 1. The molecule has 4 atom stereocenters. The fourth-order valence-electron chi connectivity index (χ4n) is 4.77. The van der Waals surface area contributed by atoms with Crippen LogP contribution in [-0.4, -0.2) is 59.1 Å². The van der Waals surface area contributed by atoms with Gasteiger partial charge in [0.25, 0.3) is 17.9 Å². The molecule has 1 saturated heterocycles. The Kier molecular flexibility index (Phi) is 5.38. The van der Waals surface area contributed by atoms with Gasteiger partial charge < -0.3 is 10.5 Å². The number of nitrogens with one attached hydrogen (secondary N) is 1. The highest BCUT2D eigenvalue weighted by Crippen LogP contribution is 2.48. The lowest BCUT2D eigenvalue weighted by Gasteiger charge is -2.38. The molecule has 1 aliphatic heterocycles. The fraction of sp³-hybridized carbons (Fsp3) is 0.684. The summed E-state index contributed by atoms with van der Waals surface area (Å²) in [5, 5.41) is 0. The molecule has 4 unspecified atom stereocenters. The molecule has 172 valence electrons. The van der Waals surface area contributed by atoms with Crippen LogP contribution >= 0.6 is 0 Å². The van der Waals surface area contributed by atoms with Gasteiger partial charge in [-0.15, -0.1) is 0 Å². The third-order valence-electron chi connectivity index (χ3n) is 6.32. The lowest BCUT2D eigenvalue weighted by molar-refractivity contribution is -0.0407. The largest absolute Gasteiger partial charge is 0.373 e. The molecule has 0 aromatic carbocycles. The second kappa shape index (κ2) is 7.52. The number of halogens is 5. The molecule has 0 bridgehead atoms. The van der Waals surface area contributed by atoms with Crippen LogP contribution in [0, 0.1) is 5.92 Å². The first-order chi connectivity index (χ1) is 14.5. The van der Waals surface area contributed by atoms with Crippen molar-refractivity contribution >= 4 is 5.57 Å². The van der Waals surface area contributed by atoms with Crippen LogP contribution in [0.1, 0.15) is 43.2 Å². The summed E-state index contributed by atoms with van der Waals surface area (Å²) in [5.41, 5.74) is 1.61. The van der Waals surface area contributed by atoms with Crippen molar-refractivity contribution in [3.05, 3.63) is 37.9 Å². The van der Waals surface area contributed by atoms with E-state index in [4.69, 9.17) is 10.5 Å². The van der Waals surface area contributed by atoms with E-state index in [0.717, 1.165) is 16.6 Å². The van der Waals surface area contributed by atoms with Gasteiger partial charge in [0.15, 0.2) is 0 Å². The second-order valence-corrected chi connectivity index (χ2v) is 8.44. The van der Waals surface area contributed by atoms with Crippen molar-refractivity contribution < 1.29 is 26.7 Å². The van der Waals surface area contributed by atoms with Crippen LogP contribution in [0.3, 0.4) is 0 Å². The maximum atomic E-state index is 15.5.